The molecule has 1 heterocycles. The lowest BCUT2D eigenvalue weighted by molar-refractivity contribution is 0.354. The van der Waals surface area contributed by atoms with Crippen LogP contribution in [0.25, 0.3) is 0 Å². The molecule has 1 unspecified atom stereocenters. The quantitative estimate of drug-likeness (QED) is 0.924. The second-order valence-corrected chi connectivity index (χ2v) is 5.54. The Labute approximate surface area is 121 Å². The molecule has 0 bridgehead atoms. The van der Waals surface area contributed by atoms with Crippen LogP contribution in [0.2, 0.25) is 0 Å². The SMILES string of the molecule is COc1cc2c(cc1OC)SC(c1ccc(F)cc1)N2. The van der Waals surface area contributed by atoms with Gasteiger partial charge in [-0.3, -0.25) is 0 Å². The average Bonchev–Trinajstić information content (AvgIpc) is 2.89. The van der Waals surface area contributed by atoms with Crippen molar-refractivity contribution in [2.75, 3.05) is 19.5 Å². The maximum Gasteiger partial charge on any atom is 0.162 e. The zero-order chi connectivity index (χ0) is 14.1. The topological polar surface area (TPSA) is 30.5 Å². The van der Waals surface area contributed by atoms with E-state index in [4.69, 9.17) is 9.47 Å². The molecule has 2 aromatic rings. The van der Waals surface area contributed by atoms with Gasteiger partial charge in [0, 0.05) is 11.0 Å². The van der Waals surface area contributed by atoms with Gasteiger partial charge in [-0.25, -0.2) is 4.39 Å². The number of benzene rings is 2. The fraction of sp³-hybridized carbons (Fsp3) is 0.200. The summed E-state index contributed by atoms with van der Waals surface area (Å²) in [6.07, 6.45) is 0. The molecule has 1 N–H and O–H groups in total. The number of methoxy groups -OCH3 is 2. The van der Waals surface area contributed by atoms with Gasteiger partial charge in [-0.1, -0.05) is 23.9 Å². The smallest absolute Gasteiger partial charge is 0.162 e. The molecule has 20 heavy (non-hydrogen) atoms. The first kappa shape index (κ1) is 13.1. The lowest BCUT2D eigenvalue weighted by Gasteiger charge is -2.10. The van der Waals surface area contributed by atoms with Gasteiger partial charge in [0.15, 0.2) is 11.5 Å². The fourth-order valence-corrected chi connectivity index (χ4v) is 3.31. The fourth-order valence-electron chi connectivity index (χ4n) is 2.16. The van der Waals surface area contributed by atoms with Gasteiger partial charge < -0.3 is 14.8 Å². The van der Waals surface area contributed by atoms with Crippen molar-refractivity contribution in [1.29, 1.82) is 0 Å². The minimum Gasteiger partial charge on any atom is -0.493 e. The molecule has 104 valence electrons. The molecular formula is C15H14FNO2S. The second-order valence-electron chi connectivity index (χ2n) is 4.40. The van der Waals surface area contributed by atoms with Gasteiger partial charge in [0.2, 0.25) is 0 Å². The van der Waals surface area contributed by atoms with E-state index in [0.717, 1.165) is 16.1 Å². The molecular weight excluding hydrogens is 277 g/mol. The van der Waals surface area contributed by atoms with Gasteiger partial charge >= 0.3 is 0 Å². The first-order valence-corrected chi connectivity index (χ1v) is 7.04. The molecule has 0 amide bonds. The average molecular weight is 291 g/mol. The third kappa shape index (κ3) is 2.29. The van der Waals surface area contributed by atoms with Gasteiger partial charge in [-0.2, -0.15) is 0 Å². The number of halogens is 1. The Kier molecular flexibility index (Phi) is 3.44. The highest BCUT2D eigenvalue weighted by Crippen LogP contribution is 2.50. The summed E-state index contributed by atoms with van der Waals surface area (Å²) in [6, 6.07) is 10.4. The first-order chi connectivity index (χ1) is 9.71. The minimum absolute atomic E-state index is 0.0717. The Hall–Kier alpha value is -1.88. The number of nitrogens with one attached hydrogen (secondary N) is 1. The van der Waals surface area contributed by atoms with Crippen molar-refractivity contribution in [3.63, 3.8) is 0 Å². The molecule has 0 aromatic heterocycles. The summed E-state index contributed by atoms with van der Waals surface area (Å²) >= 11 is 1.67. The molecule has 0 aliphatic carbocycles. The van der Waals surface area contributed by atoms with E-state index in [2.05, 4.69) is 5.32 Å². The van der Waals surface area contributed by atoms with Crippen LogP contribution in [-0.2, 0) is 0 Å². The number of hydrogen-bond donors (Lipinski definition) is 1. The third-order valence-electron chi connectivity index (χ3n) is 3.19. The zero-order valence-electron chi connectivity index (χ0n) is 11.1. The minimum atomic E-state index is -0.224. The maximum atomic E-state index is 13.0. The van der Waals surface area contributed by atoms with E-state index in [-0.39, 0.29) is 11.2 Å². The van der Waals surface area contributed by atoms with Crippen LogP contribution < -0.4 is 14.8 Å². The van der Waals surface area contributed by atoms with E-state index >= 15 is 0 Å². The second kappa shape index (κ2) is 5.25. The first-order valence-electron chi connectivity index (χ1n) is 6.16. The van der Waals surface area contributed by atoms with Crippen molar-refractivity contribution in [2.24, 2.45) is 0 Å². The number of thioether (sulfide) groups is 1. The lowest BCUT2D eigenvalue weighted by Crippen LogP contribution is -2.01. The molecule has 0 saturated heterocycles. The van der Waals surface area contributed by atoms with Crippen LogP contribution in [0.4, 0.5) is 10.1 Å². The monoisotopic (exact) mass is 291 g/mol. The summed E-state index contributed by atoms with van der Waals surface area (Å²) < 4.78 is 23.6. The maximum absolute atomic E-state index is 13.0. The van der Waals surface area contributed by atoms with Crippen LogP contribution in [0.15, 0.2) is 41.3 Å². The molecule has 3 nitrogen and oxygen atoms in total. The number of rotatable bonds is 3. The summed E-state index contributed by atoms with van der Waals surface area (Å²) in [5.41, 5.74) is 2.03. The van der Waals surface area contributed by atoms with Crippen molar-refractivity contribution in [3.05, 3.63) is 47.8 Å². The van der Waals surface area contributed by atoms with E-state index in [1.807, 2.05) is 12.1 Å². The number of fused-ring (bicyclic) bond motifs is 1. The van der Waals surface area contributed by atoms with Crippen LogP contribution in [0.3, 0.4) is 0 Å². The van der Waals surface area contributed by atoms with E-state index in [9.17, 15) is 4.39 Å². The predicted molar refractivity (Wildman–Crippen MR) is 78.2 cm³/mol. The van der Waals surface area contributed by atoms with Crippen molar-refractivity contribution in [1.82, 2.24) is 0 Å². The van der Waals surface area contributed by atoms with Gasteiger partial charge in [-0.05, 0) is 23.8 Å². The van der Waals surface area contributed by atoms with E-state index in [1.165, 1.54) is 12.1 Å². The highest BCUT2D eigenvalue weighted by molar-refractivity contribution is 8.00. The Balaban J connectivity index is 1.90. The molecule has 1 aliphatic rings. The third-order valence-corrected chi connectivity index (χ3v) is 4.41. The number of hydrogen-bond acceptors (Lipinski definition) is 4. The molecule has 3 rings (SSSR count). The predicted octanol–water partition coefficient (Wildman–Crippen LogP) is 4.06. The van der Waals surface area contributed by atoms with Crippen molar-refractivity contribution in [3.8, 4) is 11.5 Å². The Morgan fingerprint density at radius 2 is 1.70 bits per heavy atom. The van der Waals surface area contributed by atoms with E-state index in [0.29, 0.717) is 11.5 Å². The number of ether oxygens (including phenoxy) is 2. The largest absolute Gasteiger partial charge is 0.493 e. The van der Waals surface area contributed by atoms with Crippen LogP contribution in [0.5, 0.6) is 11.5 Å². The van der Waals surface area contributed by atoms with Crippen molar-refractivity contribution < 1.29 is 13.9 Å². The number of anilines is 1. The molecule has 1 atom stereocenters. The summed E-state index contributed by atoms with van der Waals surface area (Å²) in [6.45, 7) is 0. The normalized spacial score (nSPS) is 16.4. The van der Waals surface area contributed by atoms with Gasteiger partial charge in [0.05, 0.1) is 19.9 Å². The molecule has 0 fully saturated rings. The summed E-state index contributed by atoms with van der Waals surface area (Å²) in [5.74, 6) is 1.18. The van der Waals surface area contributed by atoms with E-state index < -0.39 is 0 Å². The molecule has 5 heteroatoms. The summed E-state index contributed by atoms with van der Waals surface area (Å²) in [5, 5.41) is 3.47. The van der Waals surface area contributed by atoms with Gasteiger partial charge in [0.25, 0.3) is 0 Å². The molecule has 0 radical (unpaired) electrons. The van der Waals surface area contributed by atoms with Crippen molar-refractivity contribution in [2.45, 2.75) is 10.3 Å². The van der Waals surface area contributed by atoms with Crippen LogP contribution >= 0.6 is 11.8 Å². The van der Waals surface area contributed by atoms with Crippen LogP contribution in [0.1, 0.15) is 10.9 Å². The highest BCUT2D eigenvalue weighted by atomic mass is 32.2. The van der Waals surface area contributed by atoms with Crippen molar-refractivity contribution >= 4 is 17.4 Å². The Morgan fingerprint density at radius 1 is 1.05 bits per heavy atom. The van der Waals surface area contributed by atoms with Gasteiger partial charge in [-0.15, -0.1) is 0 Å². The zero-order valence-corrected chi connectivity index (χ0v) is 12.0. The molecule has 0 saturated carbocycles. The van der Waals surface area contributed by atoms with Gasteiger partial charge in [0.1, 0.15) is 11.2 Å². The Morgan fingerprint density at radius 3 is 2.35 bits per heavy atom. The van der Waals surface area contributed by atoms with Crippen LogP contribution in [-0.4, -0.2) is 14.2 Å². The van der Waals surface area contributed by atoms with E-state index in [1.54, 1.807) is 38.1 Å². The molecule has 1 aliphatic heterocycles. The standard InChI is InChI=1S/C15H14FNO2S/c1-18-12-7-11-14(8-13(12)19-2)20-15(17-11)9-3-5-10(16)6-4-9/h3-8,15,17H,1-2H3. The highest BCUT2D eigenvalue weighted by Gasteiger charge is 2.25. The van der Waals surface area contributed by atoms with Crippen LogP contribution in [0, 0.1) is 5.82 Å². The molecule has 2 aromatic carbocycles. The summed E-state index contributed by atoms with van der Waals surface area (Å²) in [4.78, 5) is 1.09. The summed E-state index contributed by atoms with van der Waals surface area (Å²) in [7, 11) is 3.23. The lowest BCUT2D eigenvalue weighted by atomic mass is 10.2. The Bertz CT molecular complexity index is 598. The molecule has 0 spiro atoms.